The molecule has 2 aromatic heterocycles. The van der Waals surface area contributed by atoms with E-state index in [4.69, 9.17) is 4.52 Å². The van der Waals surface area contributed by atoms with E-state index in [1.165, 1.54) is 6.92 Å². The molecule has 0 aromatic carbocycles. The highest BCUT2D eigenvalue weighted by molar-refractivity contribution is 5.72. The van der Waals surface area contributed by atoms with Crippen molar-refractivity contribution in [3.8, 4) is 0 Å². The summed E-state index contributed by atoms with van der Waals surface area (Å²) in [5.74, 6) is 0.849. The van der Waals surface area contributed by atoms with Gasteiger partial charge < -0.3 is 9.84 Å². The average molecular weight is 289 g/mol. The molecule has 0 fully saturated rings. The number of hydrogen-bond donors (Lipinski definition) is 1. The number of aryl methyl sites for hydroxylation is 1. The summed E-state index contributed by atoms with van der Waals surface area (Å²) in [5.41, 5.74) is 2.97. The van der Waals surface area contributed by atoms with Crippen LogP contribution >= 0.6 is 0 Å². The van der Waals surface area contributed by atoms with Crippen LogP contribution in [0.25, 0.3) is 0 Å². The Morgan fingerprint density at radius 1 is 1.43 bits per heavy atom. The van der Waals surface area contributed by atoms with Crippen molar-refractivity contribution in [2.24, 2.45) is 0 Å². The molecular formula is C14H19N5O2. The Balaban J connectivity index is 1.63. The van der Waals surface area contributed by atoms with E-state index in [1.807, 2.05) is 23.7 Å². The van der Waals surface area contributed by atoms with Crippen molar-refractivity contribution in [2.75, 3.05) is 6.54 Å². The minimum absolute atomic E-state index is 0.0386. The van der Waals surface area contributed by atoms with Gasteiger partial charge in [-0.05, 0) is 13.0 Å². The van der Waals surface area contributed by atoms with Gasteiger partial charge in [0.05, 0.1) is 36.7 Å². The predicted molar refractivity (Wildman–Crippen MR) is 75.1 cm³/mol. The summed E-state index contributed by atoms with van der Waals surface area (Å²) in [6, 6.07) is 4.02. The maximum Gasteiger partial charge on any atom is 0.217 e. The molecule has 21 heavy (non-hydrogen) atoms. The summed E-state index contributed by atoms with van der Waals surface area (Å²) in [6.07, 6.45) is 0. The lowest BCUT2D eigenvalue weighted by atomic mass is 10.2. The minimum atomic E-state index is -0.0386. The molecule has 0 aliphatic carbocycles. The van der Waals surface area contributed by atoms with Crippen molar-refractivity contribution >= 4 is 5.91 Å². The lowest BCUT2D eigenvalue weighted by molar-refractivity contribution is -0.119. The number of nitrogens with one attached hydrogen (secondary N) is 1. The summed E-state index contributed by atoms with van der Waals surface area (Å²) >= 11 is 0. The Bertz CT molecular complexity index is 646. The first-order valence-electron chi connectivity index (χ1n) is 7.05. The molecule has 3 rings (SSSR count). The maximum atomic E-state index is 10.9. The van der Waals surface area contributed by atoms with Gasteiger partial charge in [0, 0.05) is 26.1 Å². The van der Waals surface area contributed by atoms with E-state index in [0.717, 1.165) is 49.0 Å². The molecule has 0 radical (unpaired) electrons. The first kappa shape index (κ1) is 13.8. The SMILES string of the molecule is CC(=O)NCc1cc2n(n1)CCN(Cc1cc(C)no1)C2. The second-order valence-corrected chi connectivity index (χ2v) is 5.41. The maximum absolute atomic E-state index is 10.9. The lowest BCUT2D eigenvalue weighted by Crippen LogP contribution is -2.33. The van der Waals surface area contributed by atoms with Gasteiger partial charge in [-0.2, -0.15) is 5.10 Å². The molecule has 0 bridgehead atoms. The van der Waals surface area contributed by atoms with Crippen molar-refractivity contribution in [2.45, 2.75) is 40.0 Å². The molecule has 2 aromatic rings. The molecule has 0 unspecified atom stereocenters. The quantitative estimate of drug-likeness (QED) is 0.902. The number of hydrogen-bond acceptors (Lipinski definition) is 5. The van der Waals surface area contributed by atoms with Gasteiger partial charge in [-0.3, -0.25) is 14.4 Å². The summed E-state index contributed by atoms with van der Waals surface area (Å²) in [5, 5.41) is 11.2. The van der Waals surface area contributed by atoms with E-state index in [-0.39, 0.29) is 5.91 Å². The molecule has 7 heteroatoms. The monoisotopic (exact) mass is 289 g/mol. The van der Waals surface area contributed by atoms with Crippen LogP contribution in [-0.4, -0.2) is 32.3 Å². The smallest absolute Gasteiger partial charge is 0.217 e. The first-order valence-corrected chi connectivity index (χ1v) is 7.05. The summed E-state index contributed by atoms with van der Waals surface area (Å²) in [6.45, 7) is 7.27. The van der Waals surface area contributed by atoms with Crippen LogP contribution in [0.2, 0.25) is 0 Å². The van der Waals surface area contributed by atoms with Crippen LogP contribution in [0.15, 0.2) is 16.7 Å². The molecule has 0 saturated carbocycles. The van der Waals surface area contributed by atoms with Gasteiger partial charge in [0.25, 0.3) is 0 Å². The highest BCUT2D eigenvalue weighted by Gasteiger charge is 2.19. The highest BCUT2D eigenvalue weighted by atomic mass is 16.5. The molecule has 3 heterocycles. The second-order valence-electron chi connectivity index (χ2n) is 5.41. The van der Waals surface area contributed by atoms with Crippen molar-refractivity contribution in [1.29, 1.82) is 0 Å². The van der Waals surface area contributed by atoms with Crippen LogP contribution in [0.5, 0.6) is 0 Å². The zero-order valence-electron chi connectivity index (χ0n) is 12.3. The van der Waals surface area contributed by atoms with Gasteiger partial charge >= 0.3 is 0 Å². The van der Waals surface area contributed by atoms with Gasteiger partial charge in [0.1, 0.15) is 0 Å². The zero-order chi connectivity index (χ0) is 14.8. The highest BCUT2D eigenvalue weighted by Crippen LogP contribution is 2.16. The third-order valence-electron chi connectivity index (χ3n) is 3.50. The molecule has 1 amide bonds. The van der Waals surface area contributed by atoms with Crippen LogP contribution in [0.3, 0.4) is 0 Å². The molecule has 0 saturated heterocycles. The van der Waals surface area contributed by atoms with E-state index in [0.29, 0.717) is 6.54 Å². The Morgan fingerprint density at radius 3 is 3.00 bits per heavy atom. The van der Waals surface area contributed by atoms with Crippen molar-refractivity contribution in [3.05, 3.63) is 35.0 Å². The normalized spacial score (nSPS) is 15.0. The summed E-state index contributed by atoms with van der Waals surface area (Å²) in [4.78, 5) is 13.3. The number of carbonyl (C=O) groups excluding carboxylic acids is 1. The standard InChI is InChI=1S/C14H19N5O2/c1-10-5-14(21-17-10)9-18-3-4-19-13(8-18)6-12(16-19)7-15-11(2)20/h5-6H,3-4,7-9H2,1-2H3,(H,15,20). The minimum Gasteiger partial charge on any atom is -0.360 e. The fraction of sp³-hybridized carbons (Fsp3) is 0.500. The van der Waals surface area contributed by atoms with Crippen LogP contribution in [-0.2, 0) is 31.0 Å². The number of amides is 1. The number of rotatable bonds is 4. The van der Waals surface area contributed by atoms with E-state index in [1.54, 1.807) is 0 Å². The zero-order valence-corrected chi connectivity index (χ0v) is 12.3. The summed E-state index contributed by atoms with van der Waals surface area (Å²) in [7, 11) is 0. The largest absolute Gasteiger partial charge is 0.360 e. The average Bonchev–Trinajstić information content (AvgIpc) is 3.02. The summed E-state index contributed by atoms with van der Waals surface area (Å²) < 4.78 is 7.28. The third-order valence-corrected chi connectivity index (χ3v) is 3.50. The number of fused-ring (bicyclic) bond motifs is 1. The molecule has 1 aliphatic rings. The van der Waals surface area contributed by atoms with E-state index < -0.39 is 0 Å². The lowest BCUT2D eigenvalue weighted by Gasteiger charge is -2.26. The number of nitrogens with zero attached hydrogens (tertiary/aromatic N) is 4. The molecule has 7 nitrogen and oxygen atoms in total. The molecule has 1 N–H and O–H groups in total. The Labute approximate surface area is 122 Å². The number of aromatic nitrogens is 3. The van der Waals surface area contributed by atoms with Gasteiger partial charge in [0.2, 0.25) is 5.91 Å². The van der Waals surface area contributed by atoms with Gasteiger partial charge in [-0.1, -0.05) is 5.16 Å². The topological polar surface area (TPSA) is 76.2 Å². The van der Waals surface area contributed by atoms with Crippen LogP contribution < -0.4 is 5.32 Å². The van der Waals surface area contributed by atoms with Crippen LogP contribution in [0.4, 0.5) is 0 Å². The predicted octanol–water partition coefficient (Wildman–Crippen LogP) is 0.831. The molecule has 1 aliphatic heterocycles. The van der Waals surface area contributed by atoms with Gasteiger partial charge in [-0.25, -0.2) is 0 Å². The van der Waals surface area contributed by atoms with E-state index in [9.17, 15) is 4.79 Å². The fourth-order valence-electron chi connectivity index (χ4n) is 2.53. The van der Waals surface area contributed by atoms with Crippen molar-refractivity contribution in [1.82, 2.24) is 25.2 Å². The van der Waals surface area contributed by atoms with Gasteiger partial charge in [-0.15, -0.1) is 0 Å². The molecule has 112 valence electrons. The molecule has 0 atom stereocenters. The number of carbonyl (C=O) groups is 1. The van der Waals surface area contributed by atoms with Crippen LogP contribution in [0, 0.1) is 6.92 Å². The Hall–Kier alpha value is -2.15. The third kappa shape index (κ3) is 3.30. The molecular weight excluding hydrogens is 270 g/mol. The van der Waals surface area contributed by atoms with Crippen molar-refractivity contribution in [3.63, 3.8) is 0 Å². The fourth-order valence-corrected chi connectivity index (χ4v) is 2.53. The van der Waals surface area contributed by atoms with Gasteiger partial charge in [0.15, 0.2) is 5.76 Å². The van der Waals surface area contributed by atoms with E-state index >= 15 is 0 Å². The molecule has 0 spiro atoms. The Kier molecular flexibility index (Phi) is 3.74. The second kappa shape index (κ2) is 5.69. The van der Waals surface area contributed by atoms with Crippen molar-refractivity contribution < 1.29 is 9.32 Å². The van der Waals surface area contributed by atoms with E-state index in [2.05, 4.69) is 20.5 Å². The first-order chi connectivity index (χ1) is 10.1. The van der Waals surface area contributed by atoms with Crippen LogP contribution in [0.1, 0.15) is 29.8 Å². The Morgan fingerprint density at radius 2 is 2.29 bits per heavy atom.